The molecular formula is C17H20N2O4. The van der Waals surface area contributed by atoms with E-state index in [9.17, 15) is 4.79 Å². The fourth-order valence-electron chi connectivity index (χ4n) is 2.03. The van der Waals surface area contributed by atoms with Crippen molar-refractivity contribution in [1.29, 1.82) is 0 Å². The molecule has 2 N–H and O–H groups in total. The number of carbonyl (C=O) groups is 1. The molecule has 122 valence electrons. The number of hydrogen-bond donors (Lipinski definition) is 1. The van der Waals surface area contributed by atoms with Crippen LogP contribution in [-0.2, 0) is 27.5 Å². The summed E-state index contributed by atoms with van der Waals surface area (Å²) in [4.78, 5) is 16.7. The average Bonchev–Trinajstić information content (AvgIpc) is 3.10. The second-order valence-corrected chi connectivity index (χ2v) is 4.86. The number of nitrogens with zero attached hydrogens (tertiary/aromatic N) is 1. The third kappa shape index (κ3) is 5.27. The molecule has 0 aliphatic rings. The summed E-state index contributed by atoms with van der Waals surface area (Å²) in [7, 11) is 1.48. The molecule has 0 spiro atoms. The third-order valence-corrected chi connectivity index (χ3v) is 3.25. The van der Waals surface area contributed by atoms with Gasteiger partial charge in [0.15, 0.2) is 0 Å². The van der Waals surface area contributed by atoms with Crippen molar-refractivity contribution in [3.05, 3.63) is 59.5 Å². The number of rotatable bonds is 8. The maximum atomic E-state index is 11.8. The largest absolute Gasteiger partial charge is 0.466 e. The monoisotopic (exact) mass is 316 g/mol. The maximum absolute atomic E-state index is 11.8. The topological polar surface area (TPSA) is 87.0 Å². The van der Waals surface area contributed by atoms with Gasteiger partial charge in [0.2, 0.25) is 0 Å². The lowest BCUT2D eigenvalue weighted by atomic mass is 10.0. The molecule has 1 aromatic carbocycles. The zero-order valence-corrected chi connectivity index (χ0v) is 13.0. The lowest BCUT2D eigenvalue weighted by Crippen LogP contribution is -2.09. The van der Waals surface area contributed by atoms with Crippen LogP contribution in [-0.4, -0.2) is 18.8 Å². The number of nitrogens with two attached hydrogens (primary N) is 1. The molecule has 23 heavy (non-hydrogen) atoms. The summed E-state index contributed by atoms with van der Waals surface area (Å²) < 4.78 is 10.3. The fourth-order valence-corrected chi connectivity index (χ4v) is 2.03. The van der Waals surface area contributed by atoms with E-state index in [1.165, 1.54) is 13.4 Å². The Morgan fingerprint density at radius 1 is 1.22 bits per heavy atom. The standard InChI is InChI=1S/C17H20N2O4/c1-21-19-16(14-6-4-13(11-18)5-7-14)8-9-17(20)23-12-15-3-2-10-22-15/h2-7,10H,8-9,11-12,18H2,1H3/b19-16+. The molecule has 6 nitrogen and oxygen atoms in total. The van der Waals surface area contributed by atoms with Crippen LogP contribution >= 0.6 is 0 Å². The molecule has 6 heteroatoms. The van der Waals surface area contributed by atoms with Gasteiger partial charge in [-0.15, -0.1) is 0 Å². The first-order chi connectivity index (χ1) is 11.2. The molecule has 0 radical (unpaired) electrons. The Labute approximate surface area is 134 Å². The van der Waals surface area contributed by atoms with Crippen LogP contribution < -0.4 is 5.73 Å². The summed E-state index contributed by atoms with van der Waals surface area (Å²) in [6, 6.07) is 11.2. The molecule has 1 aromatic heterocycles. The molecule has 0 saturated carbocycles. The molecule has 0 saturated heterocycles. The number of hydrogen-bond acceptors (Lipinski definition) is 6. The van der Waals surface area contributed by atoms with Crippen molar-refractivity contribution in [1.82, 2.24) is 0 Å². The van der Waals surface area contributed by atoms with Crippen molar-refractivity contribution in [3.63, 3.8) is 0 Å². The van der Waals surface area contributed by atoms with E-state index in [1.54, 1.807) is 12.1 Å². The molecule has 2 rings (SSSR count). The van der Waals surface area contributed by atoms with Gasteiger partial charge in [0.25, 0.3) is 0 Å². The Morgan fingerprint density at radius 3 is 2.61 bits per heavy atom. The van der Waals surface area contributed by atoms with Gasteiger partial charge in [0, 0.05) is 13.0 Å². The highest BCUT2D eigenvalue weighted by Gasteiger charge is 2.10. The first-order valence-corrected chi connectivity index (χ1v) is 7.30. The predicted octanol–water partition coefficient (Wildman–Crippen LogP) is 2.61. The van der Waals surface area contributed by atoms with Crippen molar-refractivity contribution >= 4 is 11.7 Å². The highest BCUT2D eigenvalue weighted by molar-refractivity contribution is 6.01. The van der Waals surface area contributed by atoms with Gasteiger partial charge in [-0.3, -0.25) is 4.79 Å². The van der Waals surface area contributed by atoms with Gasteiger partial charge in [0.05, 0.1) is 18.4 Å². The van der Waals surface area contributed by atoms with Gasteiger partial charge >= 0.3 is 5.97 Å². The highest BCUT2D eigenvalue weighted by atomic mass is 16.6. The number of carbonyl (C=O) groups excluding carboxylic acids is 1. The van der Waals surface area contributed by atoms with Crippen LogP contribution in [0.5, 0.6) is 0 Å². The smallest absolute Gasteiger partial charge is 0.306 e. The lowest BCUT2D eigenvalue weighted by molar-refractivity contribution is -0.145. The number of ether oxygens (including phenoxy) is 1. The van der Waals surface area contributed by atoms with Crippen LogP contribution in [0, 0.1) is 0 Å². The summed E-state index contributed by atoms with van der Waals surface area (Å²) in [5.74, 6) is 0.297. The molecule has 0 aliphatic heterocycles. The van der Waals surface area contributed by atoms with E-state index in [-0.39, 0.29) is 19.0 Å². The molecule has 0 amide bonds. The van der Waals surface area contributed by atoms with E-state index >= 15 is 0 Å². The van der Waals surface area contributed by atoms with Crippen LogP contribution in [0.3, 0.4) is 0 Å². The SMILES string of the molecule is CO/N=C(\CCC(=O)OCc1ccco1)c1ccc(CN)cc1. The minimum atomic E-state index is -0.316. The van der Waals surface area contributed by atoms with E-state index in [1.807, 2.05) is 24.3 Å². The second-order valence-electron chi connectivity index (χ2n) is 4.86. The third-order valence-electron chi connectivity index (χ3n) is 3.25. The van der Waals surface area contributed by atoms with Gasteiger partial charge in [0.1, 0.15) is 19.5 Å². The highest BCUT2D eigenvalue weighted by Crippen LogP contribution is 2.11. The molecule has 1 heterocycles. The number of esters is 1. The van der Waals surface area contributed by atoms with E-state index < -0.39 is 0 Å². The normalized spacial score (nSPS) is 11.3. The molecule has 0 unspecified atom stereocenters. The molecule has 0 atom stereocenters. The summed E-state index contributed by atoms with van der Waals surface area (Å²) >= 11 is 0. The Bertz CT molecular complexity index is 633. The minimum absolute atomic E-state index is 0.133. The van der Waals surface area contributed by atoms with Gasteiger partial charge < -0.3 is 19.7 Å². The number of oxime groups is 1. The molecule has 0 fully saturated rings. The van der Waals surface area contributed by atoms with E-state index in [0.29, 0.717) is 24.4 Å². The Hall–Kier alpha value is -2.60. The maximum Gasteiger partial charge on any atom is 0.306 e. The van der Waals surface area contributed by atoms with Crippen molar-refractivity contribution in [2.24, 2.45) is 10.9 Å². The zero-order chi connectivity index (χ0) is 16.5. The molecule has 0 bridgehead atoms. The van der Waals surface area contributed by atoms with Gasteiger partial charge in [-0.25, -0.2) is 0 Å². The number of benzene rings is 1. The lowest BCUT2D eigenvalue weighted by Gasteiger charge is -2.07. The van der Waals surface area contributed by atoms with Crippen LogP contribution in [0.25, 0.3) is 0 Å². The van der Waals surface area contributed by atoms with E-state index in [4.69, 9.17) is 19.7 Å². The van der Waals surface area contributed by atoms with E-state index in [0.717, 1.165) is 11.1 Å². The van der Waals surface area contributed by atoms with Crippen LogP contribution in [0.1, 0.15) is 29.7 Å². The summed E-state index contributed by atoms with van der Waals surface area (Å²) in [6.45, 7) is 0.615. The Morgan fingerprint density at radius 2 is 2.00 bits per heavy atom. The first-order valence-electron chi connectivity index (χ1n) is 7.30. The van der Waals surface area contributed by atoms with Crippen molar-refractivity contribution in [3.8, 4) is 0 Å². The molecule has 2 aromatic rings. The Kier molecular flexibility index (Phi) is 6.38. The quantitative estimate of drug-likeness (QED) is 0.459. The van der Waals surface area contributed by atoms with Gasteiger partial charge in [-0.05, 0) is 23.3 Å². The van der Waals surface area contributed by atoms with Crippen LogP contribution in [0.15, 0.2) is 52.2 Å². The summed E-state index contributed by atoms with van der Waals surface area (Å²) in [5, 5.41) is 3.99. The summed E-state index contributed by atoms with van der Waals surface area (Å²) in [6.07, 6.45) is 2.17. The van der Waals surface area contributed by atoms with E-state index in [2.05, 4.69) is 5.16 Å². The van der Waals surface area contributed by atoms with Crippen molar-refractivity contribution in [2.75, 3.05) is 7.11 Å². The first kappa shape index (κ1) is 16.8. The fraction of sp³-hybridized carbons (Fsp3) is 0.294. The van der Waals surface area contributed by atoms with Gasteiger partial charge in [-0.2, -0.15) is 0 Å². The zero-order valence-electron chi connectivity index (χ0n) is 13.0. The average molecular weight is 316 g/mol. The molecule has 0 aliphatic carbocycles. The van der Waals surface area contributed by atoms with Crippen LogP contribution in [0.4, 0.5) is 0 Å². The number of furan rings is 1. The molecular weight excluding hydrogens is 296 g/mol. The van der Waals surface area contributed by atoms with Crippen molar-refractivity contribution in [2.45, 2.75) is 26.0 Å². The minimum Gasteiger partial charge on any atom is -0.466 e. The van der Waals surface area contributed by atoms with Crippen LogP contribution in [0.2, 0.25) is 0 Å². The second kappa shape index (κ2) is 8.75. The van der Waals surface area contributed by atoms with Crippen molar-refractivity contribution < 1.29 is 18.8 Å². The van der Waals surface area contributed by atoms with Gasteiger partial charge in [-0.1, -0.05) is 29.4 Å². The summed E-state index contributed by atoms with van der Waals surface area (Å²) in [5.41, 5.74) is 8.19. The predicted molar refractivity (Wildman–Crippen MR) is 85.6 cm³/mol. The Balaban J connectivity index is 1.88.